The van der Waals surface area contributed by atoms with Crippen molar-refractivity contribution in [3.63, 3.8) is 0 Å². The van der Waals surface area contributed by atoms with Crippen LogP contribution in [0, 0.1) is 0 Å². The van der Waals surface area contributed by atoms with Gasteiger partial charge in [0.25, 0.3) is 0 Å². The van der Waals surface area contributed by atoms with Gasteiger partial charge in [0.15, 0.2) is 16.7 Å². The van der Waals surface area contributed by atoms with Gasteiger partial charge in [-0.3, -0.25) is 4.90 Å². The number of aromatic hydroxyl groups is 1. The average molecular weight is 439 g/mol. The molecule has 0 spiro atoms. The minimum absolute atomic E-state index is 0.196. The number of hydrogen-bond donors (Lipinski definition) is 1. The molecule has 4 rings (SSSR count). The zero-order chi connectivity index (χ0) is 21.6. The molecule has 1 aliphatic heterocycles. The third-order valence-corrected chi connectivity index (χ3v) is 6.77. The first-order valence-electron chi connectivity index (χ1n) is 10.9. The molecular formula is C24H30N4O2S. The second-order valence-electron chi connectivity index (χ2n) is 7.98. The van der Waals surface area contributed by atoms with Crippen LogP contribution in [-0.2, 0) is 19.3 Å². The number of piperidine rings is 1. The van der Waals surface area contributed by atoms with Gasteiger partial charge in [-0.2, -0.15) is 0 Å². The minimum atomic E-state index is 0.196. The molecule has 0 radical (unpaired) electrons. The molecule has 31 heavy (non-hydrogen) atoms. The van der Waals surface area contributed by atoms with Crippen LogP contribution in [0.5, 0.6) is 11.5 Å². The molecule has 0 saturated carbocycles. The molecule has 0 bridgehead atoms. The van der Waals surface area contributed by atoms with E-state index in [0.717, 1.165) is 54.8 Å². The number of hydrogen-bond acceptors (Lipinski definition) is 6. The zero-order valence-corrected chi connectivity index (χ0v) is 19.0. The van der Waals surface area contributed by atoms with E-state index >= 15 is 0 Å². The first-order chi connectivity index (χ1) is 15.1. The summed E-state index contributed by atoms with van der Waals surface area (Å²) in [7, 11) is 2.08. The summed E-state index contributed by atoms with van der Waals surface area (Å²) in [5.41, 5.74) is 2.44. The number of ether oxygens (including phenoxy) is 1. The Labute approximate surface area is 188 Å². The molecule has 1 atom stereocenters. The highest BCUT2D eigenvalue weighted by Gasteiger charge is 2.26. The van der Waals surface area contributed by atoms with Crippen LogP contribution in [0.3, 0.4) is 0 Å². The second-order valence-corrected chi connectivity index (χ2v) is 8.93. The van der Waals surface area contributed by atoms with Gasteiger partial charge in [-0.15, -0.1) is 10.2 Å². The molecule has 2 aromatic carbocycles. The van der Waals surface area contributed by atoms with Crippen molar-refractivity contribution in [1.29, 1.82) is 0 Å². The third-order valence-electron chi connectivity index (χ3n) is 5.68. The lowest BCUT2D eigenvalue weighted by atomic mass is 9.96. The van der Waals surface area contributed by atoms with E-state index in [-0.39, 0.29) is 5.75 Å². The van der Waals surface area contributed by atoms with Crippen molar-refractivity contribution in [3.05, 3.63) is 65.5 Å². The molecule has 1 unspecified atom stereocenters. The normalized spacial score (nSPS) is 17.0. The van der Waals surface area contributed by atoms with Crippen molar-refractivity contribution in [3.8, 4) is 11.5 Å². The predicted octanol–water partition coefficient (Wildman–Crippen LogP) is 4.59. The lowest BCUT2D eigenvalue weighted by Crippen LogP contribution is -2.34. The minimum Gasteiger partial charge on any atom is -0.504 e. The number of phenols is 1. The van der Waals surface area contributed by atoms with Gasteiger partial charge in [-0.1, -0.05) is 48.2 Å². The fourth-order valence-electron chi connectivity index (χ4n) is 4.13. The standard InChI is InChI=1S/C24H30N4O2S/c1-3-30-22-14-19(11-12-21(22)29)15-28-13-7-10-20(16-28)23-25-26-24(27(23)2)31-17-18-8-5-4-6-9-18/h4-6,8-9,11-12,14,20,29H,3,7,10,13,15-17H2,1-2H3. The average Bonchev–Trinajstić information content (AvgIpc) is 3.16. The van der Waals surface area contributed by atoms with Gasteiger partial charge in [0.2, 0.25) is 0 Å². The van der Waals surface area contributed by atoms with Crippen LogP contribution in [0.15, 0.2) is 53.7 Å². The molecule has 1 aliphatic rings. The topological polar surface area (TPSA) is 63.4 Å². The van der Waals surface area contributed by atoms with Crippen LogP contribution in [0.1, 0.15) is 42.6 Å². The summed E-state index contributed by atoms with van der Waals surface area (Å²) in [6, 6.07) is 16.1. The zero-order valence-electron chi connectivity index (χ0n) is 18.2. The summed E-state index contributed by atoms with van der Waals surface area (Å²) >= 11 is 1.73. The highest BCUT2D eigenvalue weighted by molar-refractivity contribution is 7.98. The van der Waals surface area contributed by atoms with E-state index < -0.39 is 0 Å². The number of likely N-dealkylation sites (tertiary alicyclic amines) is 1. The van der Waals surface area contributed by atoms with Gasteiger partial charge in [0.1, 0.15) is 5.82 Å². The fraction of sp³-hybridized carbons (Fsp3) is 0.417. The highest BCUT2D eigenvalue weighted by Crippen LogP contribution is 2.31. The van der Waals surface area contributed by atoms with Crippen molar-refractivity contribution in [2.75, 3.05) is 19.7 Å². The molecule has 6 nitrogen and oxygen atoms in total. The lowest BCUT2D eigenvalue weighted by molar-refractivity contribution is 0.194. The maximum absolute atomic E-state index is 9.95. The Kier molecular flexibility index (Phi) is 7.14. The Morgan fingerprint density at radius 3 is 2.77 bits per heavy atom. The third kappa shape index (κ3) is 5.40. The highest BCUT2D eigenvalue weighted by atomic mass is 32.2. The van der Waals surface area contributed by atoms with Crippen molar-refractivity contribution >= 4 is 11.8 Å². The Balaban J connectivity index is 1.39. The lowest BCUT2D eigenvalue weighted by Gasteiger charge is -2.32. The number of thioether (sulfide) groups is 1. The maximum atomic E-state index is 9.95. The van der Waals surface area contributed by atoms with Crippen molar-refractivity contribution < 1.29 is 9.84 Å². The van der Waals surface area contributed by atoms with Crippen molar-refractivity contribution in [2.45, 2.75) is 43.1 Å². The SMILES string of the molecule is CCOc1cc(CN2CCCC(c3nnc(SCc4ccccc4)n3C)C2)ccc1O. The first kappa shape index (κ1) is 21.7. The van der Waals surface area contributed by atoms with Gasteiger partial charge < -0.3 is 14.4 Å². The van der Waals surface area contributed by atoms with E-state index in [1.807, 2.05) is 25.1 Å². The number of aromatic nitrogens is 3. The van der Waals surface area contributed by atoms with Crippen LogP contribution in [0.2, 0.25) is 0 Å². The van der Waals surface area contributed by atoms with E-state index in [4.69, 9.17) is 4.74 Å². The summed E-state index contributed by atoms with van der Waals surface area (Å²) in [4.78, 5) is 2.46. The molecule has 1 saturated heterocycles. The van der Waals surface area contributed by atoms with Crippen molar-refractivity contribution in [1.82, 2.24) is 19.7 Å². The van der Waals surface area contributed by atoms with Crippen LogP contribution >= 0.6 is 11.8 Å². The van der Waals surface area contributed by atoms with Crippen LogP contribution in [0.4, 0.5) is 0 Å². The Morgan fingerprint density at radius 1 is 1.13 bits per heavy atom. The van der Waals surface area contributed by atoms with E-state index in [9.17, 15) is 5.11 Å². The van der Waals surface area contributed by atoms with Gasteiger partial charge in [0.05, 0.1) is 6.61 Å². The van der Waals surface area contributed by atoms with Gasteiger partial charge in [-0.25, -0.2) is 0 Å². The maximum Gasteiger partial charge on any atom is 0.191 e. The fourth-order valence-corrected chi connectivity index (χ4v) is 5.00. The molecular weight excluding hydrogens is 408 g/mol. The van der Waals surface area contributed by atoms with Crippen LogP contribution in [-0.4, -0.2) is 44.5 Å². The molecule has 1 N–H and O–H groups in total. The van der Waals surface area contributed by atoms with Crippen LogP contribution < -0.4 is 4.74 Å². The largest absolute Gasteiger partial charge is 0.504 e. The monoisotopic (exact) mass is 438 g/mol. The molecule has 2 heterocycles. The first-order valence-corrected chi connectivity index (χ1v) is 11.9. The molecule has 1 aromatic heterocycles. The van der Waals surface area contributed by atoms with Gasteiger partial charge in [-0.05, 0) is 49.6 Å². The van der Waals surface area contributed by atoms with Gasteiger partial charge in [0, 0.05) is 31.8 Å². The number of nitrogens with zero attached hydrogens (tertiary/aromatic N) is 4. The second kappa shape index (κ2) is 10.2. The van der Waals surface area contributed by atoms with Crippen LogP contribution in [0.25, 0.3) is 0 Å². The summed E-state index contributed by atoms with van der Waals surface area (Å²) < 4.78 is 7.70. The Morgan fingerprint density at radius 2 is 1.97 bits per heavy atom. The Bertz CT molecular complexity index is 992. The van der Waals surface area contributed by atoms with E-state index in [0.29, 0.717) is 18.3 Å². The molecule has 7 heteroatoms. The van der Waals surface area contributed by atoms with E-state index in [1.165, 1.54) is 5.56 Å². The summed E-state index contributed by atoms with van der Waals surface area (Å²) in [6.07, 6.45) is 2.27. The van der Waals surface area contributed by atoms with E-state index in [2.05, 4.69) is 51.0 Å². The Hall–Kier alpha value is -2.51. The summed E-state index contributed by atoms with van der Waals surface area (Å²) in [5, 5.41) is 19.9. The molecule has 3 aromatic rings. The quantitative estimate of drug-likeness (QED) is 0.519. The number of benzene rings is 2. The molecule has 0 aliphatic carbocycles. The number of phenolic OH excluding ortho intramolecular Hbond substituents is 1. The summed E-state index contributed by atoms with van der Waals surface area (Å²) in [6.45, 7) is 5.33. The summed E-state index contributed by atoms with van der Waals surface area (Å²) in [5.74, 6) is 3.09. The molecule has 1 fully saturated rings. The van der Waals surface area contributed by atoms with Crippen molar-refractivity contribution in [2.24, 2.45) is 7.05 Å². The van der Waals surface area contributed by atoms with E-state index in [1.54, 1.807) is 17.8 Å². The molecule has 0 amide bonds. The predicted molar refractivity (Wildman–Crippen MR) is 124 cm³/mol. The smallest absolute Gasteiger partial charge is 0.191 e. The number of rotatable bonds is 8. The molecule has 164 valence electrons. The van der Waals surface area contributed by atoms with Gasteiger partial charge >= 0.3 is 0 Å².